The van der Waals surface area contributed by atoms with Gasteiger partial charge in [0.2, 0.25) is 0 Å². The largest absolute Gasteiger partial charge is 0.389 e. The molecule has 0 radical (unpaired) electrons. The summed E-state index contributed by atoms with van der Waals surface area (Å²) < 4.78 is 0. The quantitative estimate of drug-likeness (QED) is 0.670. The summed E-state index contributed by atoms with van der Waals surface area (Å²) in [4.78, 5) is 0. The summed E-state index contributed by atoms with van der Waals surface area (Å²) in [7, 11) is 0. The van der Waals surface area contributed by atoms with Crippen molar-refractivity contribution in [2.24, 2.45) is 22.7 Å². The predicted molar refractivity (Wildman–Crippen MR) is 83.6 cm³/mol. The minimum Gasteiger partial charge on any atom is -0.389 e. The highest BCUT2D eigenvalue weighted by atomic mass is 16.3. The van der Waals surface area contributed by atoms with Crippen molar-refractivity contribution in [3.05, 3.63) is 35.5 Å². The van der Waals surface area contributed by atoms with E-state index in [4.69, 9.17) is 0 Å². The van der Waals surface area contributed by atoms with E-state index in [1.807, 2.05) is 6.08 Å². The molecule has 0 spiro atoms. The summed E-state index contributed by atoms with van der Waals surface area (Å²) in [6, 6.07) is 0. The molecule has 2 heteroatoms. The summed E-state index contributed by atoms with van der Waals surface area (Å²) >= 11 is 0. The monoisotopic (exact) mass is 286 g/mol. The van der Waals surface area contributed by atoms with Gasteiger partial charge in [-0.3, -0.25) is 0 Å². The zero-order valence-electron chi connectivity index (χ0n) is 13.0. The van der Waals surface area contributed by atoms with E-state index < -0.39 is 0 Å². The maximum absolute atomic E-state index is 10.8. The summed E-state index contributed by atoms with van der Waals surface area (Å²) in [6.07, 6.45) is 13.3. The number of hydrogen-bond acceptors (Lipinski definition) is 2. The topological polar surface area (TPSA) is 40.5 Å². The zero-order chi connectivity index (χ0) is 14.8. The third-order valence-corrected chi connectivity index (χ3v) is 6.88. The Morgan fingerprint density at radius 3 is 2.81 bits per heavy atom. The standard InChI is InChI=1S/C19H26O2/c1-18-7-3-4-14(18)17-15(6-8-18)19(2)9-5-13(20)10-12(19)11-16(17)21/h3-5,9,12-13,15-16,20-21H,6-8,10-11H2,1-2H3/t12?,13-,15-,16-,18-,19-/m0/s1. The molecule has 0 aromatic rings. The first kappa shape index (κ1) is 13.8. The van der Waals surface area contributed by atoms with Crippen LogP contribution in [0.3, 0.4) is 0 Å². The highest BCUT2D eigenvalue weighted by Crippen LogP contribution is 2.61. The predicted octanol–water partition coefficient (Wildman–Crippen LogP) is 3.37. The molecule has 21 heavy (non-hydrogen) atoms. The first-order valence-electron chi connectivity index (χ1n) is 8.41. The number of allylic oxidation sites excluding steroid dienone is 4. The second kappa shape index (κ2) is 4.33. The molecule has 0 bridgehead atoms. The minimum atomic E-state index is -0.329. The van der Waals surface area contributed by atoms with Gasteiger partial charge in [-0.1, -0.05) is 38.2 Å². The molecule has 0 amide bonds. The van der Waals surface area contributed by atoms with Crippen molar-refractivity contribution in [1.29, 1.82) is 0 Å². The molecule has 4 aliphatic rings. The van der Waals surface area contributed by atoms with Gasteiger partial charge in [-0.25, -0.2) is 0 Å². The average Bonchev–Trinajstić information content (AvgIpc) is 2.82. The van der Waals surface area contributed by atoms with Crippen molar-refractivity contribution >= 4 is 0 Å². The third-order valence-electron chi connectivity index (χ3n) is 6.88. The molecule has 0 aliphatic heterocycles. The van der Waals surface area contributed by atoms with Crippen LogP contribution in [0.4, 0.5) is 0 Å². The van der Waals surface area contributed by atoms with Gasteiger partial charge in [0.15, 0.2) is 0 Å². The molecule has 1 fully saturated rings. The second-order valence-corrected chi connectivity index (χ2v) is 8.10. The van der Waals surface area contributed by atoms with Crippen LogP contribution in [0.2, 0.25) is 0 Å². The Bertz CT molecular complexity index is 558. The van der Waals surface area contributed by atoms with E-state index in [0.717, 1.165) is 19.3 Å². The molecule has 2 nitrogen and oxygen atoms in total. The molecule has 4 rings (SSSR count). The first-order valence-corrected chi connectivity index (χ1v) is 8.41. The van der Waals surface area contributed by atoms with Gasteiger partial charge in [-0.2, -0.15) is 0 Å². The first-order chi connectivity index (χ1) is 9.94. The Hall–Kier alpha value is -0.860. The van der Waals surface area contributed by atoms with E-state index in [2.05, 4.69) is 32.1 Å². The lowest BCUT2D eigenvalue weighted by atomic mass is 9.50. The number of aliphatic hydroxyl groups is 2. The highest BCUT2D eigenvalue weighted by Gasteiger charge is 2.53. The van der Waals surface area contributed by atoms with E-state index in [1.54, 1.807) is 0 Å². The van der Waals surface area contributed by atoms with Crippen LogP contribution in [0, 0.1) is 22.7 Å². The van der Waals surface area contributed by atoms with Crippen molar-refractivity contribution in [2.45, 2.75) is 58.2 Å². The fourth-order valence-corrected chi connectivity index (χ4v) is 5.52. The van der Waals surface area contributed by atoms with Crippen molar-refractivity contribution in [3.63, 3.8) is 0 Å². The SMILES string of the molecule is C[C@@]12CC=CC1=C1[C@@H](O)CC3C[C@@H](O)C=C[C@]3(C)[C@H]1CC2. The molecule has 6 atom stereocenters. The second-order valence-electron chi connectivity index (χ2n) is 8.10. The van der Waals surface area contributed by atoms with E-state index >= 15 is 0 Å². The molecule has 0 heterocycles. The van der Waals surface area contributed by atoms with E-state index in [-0.39, 0.29) is 23.0 Å². The van der Waals surface area contributed by atoms with Gasteiger partial charge in [0.05, 0.1) is 12.2 Å². The van der Waals surface area contributed by atoms with Gasteiger partial charge in [-0.05, 0) is 65.9 Å². The number of hydrogen-bond donors (Lipinski definition) is 2. The van der Waals surface area contributed by atoms with Crippen molar-refractivity contribution in [2.75, 3.05) is 0 Å². The van der Waals surface area contributed by atoms with Crippen molar-refractivity contribution in [3.8, 4) is 0 Å². The van der Waals surface area contributed by atoms with Crippen LogP contribution >= 0.6 is 0 Å². The fourth-order valence-electron chi connectivity index (χ4n) is 5.52. The van der Waals surface area contributed by atoms with Gasteiger partial charge in [0.25, 0.3) is 0 Å². The summed E-state index contributed by atoms with van der Waals surface area (Å²) in [6.45, 7) is 4.70. The van der Waals surface area contributed by atoms with Gasteiger partial charge in [0, 0.05) is 0 Å². The zero-order valence-corrected chi connectivity index (χ0v) is 13.0. The van der Waals surface area contributed by atoms with Crippen LogP contribution in [-0.2, 0) is 0 Å². The normalized spacial score (nSPS) is 51.6. The van der Waals surface area contributed by atoms with Gasteiger partial charge >= 0.3 is 0 Å². The Morgan fingerprint density at radius 1 is 1.19 bits per heavy atom. The molecular weight excluding hydrogens is 260 g/mol. The lowest BCUT2D eigenvalue weighted by Gasteiger charge is -2.55. The fraction of sp³-hybridized carbons (Fsp3) is 0.684. The Kier molecular flexibility index (Phi) is 2.84. The van der Waals surface area contributed by atoms with Gasteiger partial charge in [0.1, 0.15) is 0 Å². The van der Waals surface area contributed by atoms with Crippen LogP contribution in [0.1, 0.15) is 46.0 Å². The maximum atomic E-state index is 10.8. The highest BCUT2D eigenvalue weighted by molar-refractivity contribution is 5.44. The van der Waals surface area contributed by atoms with Crippen LogP contribution in [0.25, 0.3) is 0 Å². The van der Waals surface area contributed by atoms with Gasteiger partial charge in [-0.15, -0.1) is 0 Å². The molecule has 4 aliphatic carbocycles. The lowest BCUT2D eigenvalue weighted by Crippen LogP contribution is -2.49. The summed E-state index contributed by atoms with van der Waals surface area (Å²) in [5, 5.41) is 20.8. The molecular formula is C19H26O2. The van der Waals surface area contributed by atoms with Crippen LogP contribution in [0.15, 0.2) is 35.5 Å². The molecule has 1 saturated carbocycles. The summed E-state index contributed by atoms with van der Waals surface area (Å²) in [5.74, 6) is 0.845. The Morgan fingerprint density at radius 2 is 2.00 bits per heavy atom. The number of rotatable bonds is 0. The smallest absolute Gasteiger partial charge is 0.0762 e. The lowest BCUT2D eigenvalue weighted by molar-refractivity contribution is 0.000206. The molecule has 0 aromatic heterocycles. The van der Waals surface area contributed by atoms with Crippen molar-refractivity contribution < 1.29 is 10.2 Å². The molecule has 1 unspecified atom stereocenters. The van der Waals surface area contributed by atoms with Gasteiger partial charge < -0.3 is 10.2 Å². The average molecular weight is 286 g/mol. The van der Waals surface area contributed by atoms with E-state index in [9.17, 15) is 10.2 Å². The van der Waals surface area contributed by atoms with Crippen LogP contribution < -0.4 is 0 Å². The van der Waals surface area contributed by atoms with E-state index in [1.165, 1.54) is 24.0 Å². The van der Waals surface area contributed by atoms with Crippen LogP contribution in [-0.4, -0.2) is 22.4 Å². The molecule has 0 saturated heterocycles. The van der Waals surface area contributed by atoms with Crippen LogP contribution in [0.5, 0.6) is 0 Å². The molecule has 2 N–H and O–H groups in total. The molecule has 0 aromatic carbocycles. The summed E-state index contributed by atoms with van der Waals surface area (Å²) in [5.41, 5.74) is 3.11. The maximum Gasteiger partial charge on any atom is 0.0762 e. The number of aliphatic hydroxyl groups excluding tert-OH is 2. The minimum absolute atomic E-state index is 0.110. The third kappa shape index (κ3) is 1.78. The molecule has 114 valence electrons. The Labute approximate surface area is 127 Å². The Balaban J connectivity index is 1.84. The van der Waals surface area contributed by atoms with Crippen molar-refractivity contribution in [1.82, 2.24) is 0 Å². The van der Waals surface area contributed by atoms with E-state index in [0.29, 0.717) is 11.8 Å². The number of fused-ring (bicyclic) bond motifs is 4.